The molecule has 6 heteroatoms. The molecule has 0 unspecified atom stereocenters. The lowest BCUT2D eigenvalue weighted by molar-refractivity contribution is -0.128. The zero-order chi connectivity index (χ0) is 18.5. The second-order valence-electron chi connectivity index (χ2n) is 6.67. The first kappa shape index (κ1) is 17.9. The van der Waals surface area contributed by atoms with Crippen LogP contribution in [0.2, 0.25) is 0 Å². The van der Waals surface area contributed by atoms with Crippen LogP contribution in [0.15, 0.2) is 42.6 Å². The van der Waals surface area contributed by atoms with E-state index in [9.17, 15) is 9.59 Å². The first-order chi connectivity index (χ1) is 12.5. The number of likely N-dealkylation sites (tertiary alicyclic amines) is 1. The Kier molecular flexibility index (Phi) is 5.51. The number of benzene rings is 1. The van der Waals surface area contributed by atoms with Crippen molar-refractivity contribution < 1.29 is 9.59 Å². The van der Waals surface area contributed by atoms with Crippen molar-refractivity contribution in [3.8, 4) is 0 Å². The monoisotopic (exact) mass is 352 g/mol. The standard InChI is InChI=1S/C20H24N4O2/c1-23(2)18-10-9-16(13-21-18)20(26)22-12-15-6-3-4-7-17(15)14-24-11-5-8-19(24)25/h3-4,6-7,9-10,13H,5,8,11-12,14H2,1-2H3,(H,22,26). The zero-order valence-corrected chi connectivity index (χ0v) is 15.2. The summed E-state index contributed by atoms with van der Waals surface area (Å²) in [6, 6.07) is 11.5. The van der Waals surface area contributed by atoms with Crippen molar-refractivity contribution in [1.29, 1.82) is 0 Å². The third kappa shape index (κ3) is 4.20. The first-order valence-corrected chi connectivity index (χ1v) is 8.81. The van der Waals surface area contributed by atoms with Gasteiger partial charge >= 0.3 is 0 Å². The van der Waals surface area contributed by atoms with E-state index in [2.05, 4.69) is 10.3 Å². The molecule has 0 aliphatic carbocycles. The highest BCUT2D eigenvalue weighted by molar-refractivity contribution is 5.94. The van der Waals surface area contributed by atoms with Crippen molar-refractivity contribution in [2.24, 2.45) is 0 Å². The van der Waals surface area contributed by atoms with E-state index < -0.39 is 0 Å². The van der Waals surface area contributed by atoms with E-state index in [1.165, 1.54) is 0 Å². The molecule has 1 saturated heterocycles. The van der Waals surface area contributed by atoms with Gasteiger partial charge in [0.25, 0.3) is 5.91 Å². The van der Waals surface area contributed by atoms with E-state index in [1.54, 1.807) is 12.3 Å². The average molecular weight is 352 g/mol. The predicted octanol–water partition coefficient (Wildman–Crippen LogP) is 2.20. The average Bonchev–Trinajstić information content (AvgIpc) is 3.05. The minimum atomic E-state index is -0.158. The molecule has 0 radical (unpaired) electrons. The summed E-state index contributed by atoms with van der Waals surface area (Å²) in [5.41, 5.74) is 2.63. The summed E-state index contributed by atoms with van der Waals surface area (Å²) >= 11 is 0. The fourth-order valence-electron chi connectivity index (χ4n) is 3.02. The number of hydrogen-bond acceptors (Lipinski definition) is 4. The van der Waals surface area contributed by atoms with Crippen molar-refractivity contribution in [2.75, 3.05) is 25.5 Å². The van der Waals surface area contributed by atoms with Gasteiger partial charge in [-0.3, -0.25) is 9.59 Å². The van der Waals surface area contributed by atoms with Crippen LogP contribution < -0.4 is 10.2 Å². The number of carbonyl (C=O) groups excluding carboxylic acids is 2. The quantitative estimate of drug-likeness (QED) is 0.866. The SMILES string of the molecule is CN(C)c1ccc(C(=O)NCc2ccccc2CN2CCCC2=O)cn1. The Bertz CT molecular complexity index is 787. The van der Waals surface area contributed by atoms with Gasteiger partial charge in [0, 0.05) is 46.3 Å². The molecule has 0 saturated carbocycles. The van der Waals surface area contributed by atoms with Crippen molar-refractivity contribution in [3.05, 3.63) is 59.3 Å². The van der Waals surface area contributed by atoms with Gasteiger partial charge in [0.15, 0.2) is 0 Å². The number of rotatable bonds is 6. The van der Waals surface area contributed by atoms with Crippen LogP contribution in [0, 0.1) is 0 Å². The molecule has 0 bridgehead atoms. The summed E-state index contributed by atoms with van der Waals surface area (Å²) < 4.78 is 0. The van der Waals surface area contributed by atoms with Gasteiger partial charge in [-0.25, -0.2) is 4.98 Å². The Morgan fingerprint density at radius 3 is 2.58 bits per heavy atom. The summed E-state index contributed by atoms with van der Waals surface area (Å²) in [4.78, 5) is 32.3. The molecule has 2 amide bonds. The lowest BCUT2D eigenvalue weighted by Gasteiger charge is -2.18. The highest BCUT2D eigenvalue weighted by atomic mass is 16.2. The van der Waals surface area contributed by atoms with Crippen LogP contribution >= 0.6 is 0 Å². The molecule has 0 atom stereocenters. The predicted molar refractivity (Wildman–Crippen MR) is 101 cm³/mol. The Hall–Kier alpha value is -2.89. The van der Waals surface area contributed by atoms with E-state index in [1.807, 2.05) is 54.2 Å². The van der Waals surface area contributed by atoms with E-state index in [0.717, 1.165) is 29.9 Å². The van der Waals surface area contributed by atoms with Crippen molar-refractivity contribution in [1.82, 2.24) is 15.2 Å². The van der Waals surface area contributed by atoms with E-state index in [0.29, 0.717) is 25.1 Å². The maximum Gasteiger partial charge on any atom is 0.253 e. The summed E-state index contributed by atoms with van der Waals surface area (Å²) in [5, 5.41) is 2.94. The molecule has 136 valence electrons. The van der Waals surface area contributed by atoms with Crippen LogP contribution in [0.4, 0.5) is 5.82 Å². The molecule has 1 fully saturated rings. The Morgan fingerprint density at radius 2 is 1.96 bits per heavy atom. The summed E-state index contributed by atoms with van der Waals surface area (Å²) in [5.74, 6) is 0.855. The smallest absolute Gasteiger partial charge is 0.253 e. The van der Waals surface area contributed by atoms with E-state index in [4.69, 9.17) is 0 Å². The van der Waals surface area contributed by atoms with Crippen LogP contribution in [0.3, 0.4) is 0 Å². The molecule has 2 heterocycles. The molecule has 1 aromatic heterocycles. The Balaban J connectivity index is 1.64. The van der Waals surface area contributed by atoms with E-state index in [-0.39, 0.29) is 11.8 Å². The topological polar surface area (TPSA) is 65.5 Å². The summed E-state index contributed by atoms with van der Waals surface area (Å²) in [6.07, 6.45) is 3.14. The number of carbonyl (C=O) groups is 2. The lowest BCUT2D eigenvalue weighted by Crippen LogP contribution is -2.27. The molecular weight excluding hydrogens is 328 g/mol. The van der Waals surface area contributed by atoms with Crippen molar-refractivity contribution >= 4 is 17.6 Å². The third-order valence-corrected chi connectivity index (χ3v) is 4.56. The minimum Gasteiger partial charge on any atom is -0.363 e. The molecular formula is C20H24N4O2. The largest absolute Gasteiger partial charge is 0.363 e. The number of aromatic nitrogens is 1. The molecule has 1 N–H and O–H groups in total. The second kappa shape index (κ2) is 7.99. The van der Waals surface area contributed by atoms with Crippen LogP contribution in [-0.4, -0.2) is 42.3 Å². The van der Waals surface area contributed by atoms with Gasteiger partial charge in [0.2, 0.25) is 5.91 Å². The van der Waals surface area contributed by atoms with Gasteiger partial charge in [-0.2, -0.15) is 0 Å². The maximum atomic E-state index is 12.4. The number of nitrogens with one attached hydrogen (secondary N) is 1. The summed E-state index contributed by atoms with van der Waals surface area (Å²) in [6.45, 7) is 1.83. The van der Waals surface area contributed by atoms with E-state index >= 15 is 0 Å². The van der Waals surface area contributed by atoms with Crippen molar-refractivity contribution in [2.45, 2.75) is 25.9 Å². The van der Waals surface area contributed by atoms with Crippen LogP contribution in [-0.2, 0) is 17.9 Å². The van der Waals surface area contributed by atoms with Crippen LogP contribution in [0.25, 0.3) is 0 Å². The maximum absolute atomic E-state index is 12.4. The Labute approximate surface area is 153 Å². The van der Waals surface area contributed by atoms with Gasteiger partial charge in [-0.1, -0.05) is 24.3 Å². The lowest BCUT2D eigenvalue weighted by atomic mass is 10.1. The highest BCUT2D eigenvalue weighted by Crippen LogP contribution is 2.17. The number of hydrogen-bond donors (Lipinski definition) is 1. The van der Waals surface area contributed by atoms with Crippen LogP contribution in [0.5, 0.6) is 0 Å². The molecule has 26 heavy (non-hydrogen) atoms. The van der Waals surface area contributed by atoms with Gasteiger partial charge in [0.05, 0.1) is 5.56 Å². The first-order valence-electron chi connectivity index (χ1n) is 8.81. The van der Waals surface area contributed by atoms with Crippen molar-refractivity contribution in [3.63, 3.8) is 0 Å². The second-order valence-corrected chi connectivity index (χ2v) is 6.67. The number of anilines is 1. The normalized spacial score (nSPS) is 13.8. The summed E-state index contributed by atoms with van der Waals surface area (Å²) in [7, 11) is 3.81. The third-order valence-electron chi connectivity index (χ3n) is 4.56. The minimum absolute atomic E-state index is 0.158. The fraction of sp³-hybridized carbons (Fsp3) is 0.350. The molecule has 1 aromatic carbocycles. The zero-order valence-electron chi connectivity index (χ0n) is 15.2. The molecule has 3 rings (SSSR count). The number of nitrogens with zero attached hydrogens (tertiary/aromatic N) is 3. The van der Waals surface area contributed by atoms with Gasteiger partial charge < -0.3 is 15.1 Å². The van der Waals surface area contributed by atoms with Gasteiger partial charge in [-0.05, 0) is 29.7 Å². The van der Waals surface area contributed by atoms with Crippen LogP contribution in [0.1, 0.15) is 34.3 Å². The number of amides is 2. The van der Waals surface area contributed by atoms with Gasteiger partial charge in [0.1, 0.15) is 5.82 Å². The molecule has 1 aliphatic heterocycles. The van der Waals surface area contributed by atoms with Gasteiger partial charge in [-0.15, -0.1) is 0 Å². The fourth-order valence-corrected chi connectivity index (χ4v) is 3.02. The number of pyridine rings is 1. The Morgan fingerprint density at radius 1 is 1.19 bits per heavy atom. The molecule has 2 aromatic rings. The highest BCUT2D eigenvalue weighted by Gasteiger charge is 2.21. The molecule has 6 nitrogen and oxygen atoms in total. The molecule has 0 spiro atoms. The molecule has 1 aliphatic rings.